The summed E-state index contributed by atoms with van der Waals surface area (Å²) >= 11 is 2.66. The van der Waals surface area contributed by atoms with Gasteiger partial charge in [0.2, 0.25) is 11.9 Å². The van der Waals surface area contributed by atoms with E-state index in [1.165, 1.54) is 29.4 Å². The van der Waals surface area contributed by atoms with E-state index in [9.17, 15) is 4.79 Å². The van der Waals surface area contributed by atoms with E-state index in [-0.39, 0.29) is 17.1 Å². The minimum Gasteiger partial charge on any atom is -0.368 e. The topological polar surface area (TPSA) is 107 Å². The number of carbonyl (C=O) groups is 1. The molecule has 7 nitrogen and oxygen atoms in total. The van der Waals surface area contributed by atoms with Gasteiger partial charge in [-0.3, -0.25) is 4.79 Å². The SMILES string of the molecule is CCC(Sc1ncnc(N)n1)C(=O)Nc1nc(C)cs1. The zero-order valence-corrected chi connectivity index (χ0v) is 12.7. The van der Waals surface area contributed by atoms with E-state index in [2.05, 4.69) is 25.3 Å². The van der Waals surface area contributed by atoms with Crippen LogP contribution in [0.25, 0.3) is 0 Å². The highest BCUT2D eigenvalue weighted by Gasteiger charge is 2.20. The molecule has 0 radical (unpaired) electrons. The Morgan fingerprint density at radius 3 is 2.90 bits per heavy atom. The van der Waals surface area contributed by atoms with Gasteiger partial charge in [-0.15, -0.1) is 11.3 Å². The van der Waals surface area contributed by atoms with E-state index in [0.717, 1.165) is 5.69 Å². The Labute approximate surface area is 124 Å². The number of rotatable bonds is 5. The number of hydrogen-bond acceptors (Lipinski definition) is 8. The molecule has 1 unspecified atom stereocenters. The average molecular weight is 310 g/mol. The third-order valence-electron chi connectivity index (χ3n) is 2.33. The number of anilines is 2. The third kappa shape index (κ3) is 3.87. The maximum Gasteiger partial charge on any atom is 0.239 e. The van der Waals surface area contributed by atoms with Crippen LogP contribution in [0, 0.1) is 6.92 Å². The lowest BCUT2D eigenvalue weighted by atomic mass is 10.3. The first kappa shape index (κ1) is 14.7. The number of amides is 1. The summed E-state index contributed by atoms with van der Waals surface area (Å²) in [6.07, 6.45) is 1.98. The lowest BCUT2D eigenvalue weighted by molar-refractivity contribution is -0.115. The quantitative estimate of drug-likeness (QED) is 0.810. The number of aryl methyl sites for hydroxylation is 1. The van der Waals surface area contributed by atoms with Crippen molar-refractivity contribution < 1.29 is 4.79 Å². The predicted molar refractivity (Wildman–Crippen MR) is 79.7 cm³/mol. The van der Waals surface area contributed by atoms with Gasteiger partial charge in [0.25, 0.3) is 0 Å². The van der Waals surface area contributed by atoms with Gasteiger partial charge in [0.05, 0.1) is 10.9 Å². The lowest BCUT2D eigenvalue weighted by Crippen LogP contribution is -2.24. The minimum atomic E-state index is -0.305. The van der Waals surface area contributed by atoms with Crippen LogP contribution in [0.2, 0.25) is 0 Å². The molecule has 3 N–H and O–H groups in total. The molecule has 0 bridgehead atoms. The van der Waals surface area contributed by atoms with Gasteiger partial charge < -0.3 is 11.1 Å². The van der Waals surface area contributed by atoms with Crippen molar-refractivity contribution >= 4 is 40.1 Å². The molecule has 9 heteroatoms. The van der Waals surface area contributed by atoms with Crippen molar-refractivity contribution in [1.82, 2.24) is 19.9 Å². The number of nitrogens with two attached hydrogens (primary N) is 1. The molecule has 106 valence electrons. The molecule has 2 aromatic heterocycles. The second-order valence-corrected chi connectivity index (χ2v) is 5.95. The fraction of sp³-hybridized carbons (Fsp3) is 0.364. The number of nitrogen functional groups attached to an aromatic ring is 1. The molecule has 0 saturated carbocycles. The van der Waals surface area contributed by atoms with Crippen molar-refractivity contribution in [3.63, 3.8) is 0 Å². The molecular formula is C11H14N6OS2. The maximum atomic E-state index is 12.2. The van der Waals surface area contributed by atoms with Crippen LogP contribution in [-0.4, -0.2) is 31.1 Å². The van der Waals surface area contributed by atoms with Gasteiger partial charge >= 0.3 is 0 Å². The van der Waals surface area contributed by atoms with Crippen LogP contribution in [0.4, 0.5) is 11.1 Å². The monoisotopic (exact) mass is 310 g/mol. The maximum absolute atomic E-state index is 12.2. The summed E-state index contributed by atoms with van der Waals surface area (Å²) in [7, 11) is 0. The lowest BCUT2D eigenvalue weighted by Gasteiger charge is -2.12. The van der Waals surface area contributed by atoms with E-state index in [1.807, 2.05) is 19.2 Å². The highest BCUT2D eigenvalue weighted by Crippen LogP contribution is 2.24. The largest absolute Gasteiger partial charge is 0.368 e. The van der Waals surface area contributed by atoms with E-state index >= 15 is 0 Å². The normalized spacial score (nSPS) is 12.1. The molecule has 2 heterocycles. The number of aromatic nitrogens is 4. The van der Waals surface area contributed by atoms with Crippen LogP contribution < -0.4 is 11.1 Å². The second kappa shape index (κ2) is 6.62. The summed E-state index contributed by atoms with van der Waals surface area (Å²) < 4.78 is 0. The van der Waals surface area contributed by atoms with E-state index in [4.69, 9.17) is 5.73 Å². The van der Waals surface area contributed by atoms with Crippen LogP contribution >= 0.6 is 23.1 Å². The smallest absolute Gasteiger partial charge is 0.239 e. The summed E-state index contributed by atoms with van der Waals surface area (Å²) in [5, 5.41) is 5.41. The van der Waals surface area contributed by atoms with Crippen molar-refractivity contribution in [3.8, 4) is 0 Å². The molecule has 1 amide bonds. The summed E-state index contributed by atoms with van der Waals surface area (Å²) in [6.45, 7) is 3.81. The zero-order chi connectivity index (χ0) is 14.5. The van der Waals surface area contributed by atoms with Gasteiger partial charge in [0, 0.05) is 5.38 Å². The number of nitrogens with zero attached hydrogens (tertiary/aromatic N) is 4. The number of thioether (sulfide) groups is 1. The van der Waals surface area contributed by atoms with Crippen LogP contribution in [0.5, 0.6) is 0 Å². The molecule has 0 aliphatic carbocycles. The Morgan fingerprint density at radius 2 is 2.30 bits per heavy atom. The van der Waals surface area contributed by atoms with E-state index < -0.39 is 0 Å². The van der Waals surface area contributed by atoms with Crippen molar-refractivity contribution in [2.24, 2.45) is 0 Å². The zero-order valence-electron chi connectivity index (χ0n) is 11.0. The van der Waals surface area contributed by atoms with Crippen LogP contribution in [-0.2, 0) is 4.79 Å². The summed E-state index contributed by atoms with van der Waals surface area (Å²) in [5.74, 6) is 0.0270. The van der Waals surface area contributed by atoms with Crippen molar-refractivity contribution in [2.75, 3.05) is 11.1 Å². The second-order valence-electron chi connectivity index (χ2n) is 3.92. The summed E-state index contributed by atoms with van der Waals surface area (Å²) in [4.78, 5) is 28.1. The van der Waals surface area contributed by atoms with Gasteiger partial charge in [0.1, 0.15) is 6.33 Å². The Morgan fingerprint density at radius 1 is 1.50 bits per heavy atom. The predicted octanol–water partition coefficient (Wildman–Crippen LogP) is 1.73. The highest BCUT2D eigenvalue weighted by atomic mass is 32.2. The molecule has 1 atom stereocenters. The van der Waals surface area contributed by atoms with E-state index in [1.54, 1.807) is 0 Å². The van der Waals surface area contributed by atoms with Gasteiger partial charge in [-0.25, -0.2) is 15.0 Å². The van der Waals surface area contributed by atoms with E-state index in [0.29, 0.717) is 16.7 Å². The summed E-state index contributed by atoms with van der Waals surface area (Å²) in [6, 6.07) is 0. The molecule has 0 fully saturated rings. The molecule has 0 aliphatic heterocycles. The Kier molecular flexibility index (Phi) is 4.85. The van der Waals surface area contributed by atoms with Gasteiger partial charge in [-0.2, -0.15) is 4.98 Å². The standard InChI is InChI=1S/C11H14N6OS2/c1-3-7(20-10-14-5-13-9(12)17-10)8(18)16-11-15-6(2)4-19-11/h4-5,7H,3H2,1-2H3,(H,15,16,18)(H2,12,13,14,17). The minimum absolute atomic E-state index is 0.120. The van der Waals surface area contributed by atoms with Gasteiger partial charge in [-0.1, -0.05) is 18.7 Å². The van der Waals surface area contributed by atoms with Gasteiger partial charge in [-0.05, 0) is 13.3 Å². The Balaban J connectivity index is 2.02. The molecule has 0 saturated heterocycles. The molecule has 0 spiro atoms. The first-order chi connectivity index (χ1) is 9.58. The Hall–Kier alpha value is -1.74. The number of thiazole rings is 1. The summed E-state index contributed by atoms with van der Waals surface area (Å²) in [5.41, 5.74) is 6.38. The molecular weight excluding hydrogens is 296 g/mol. The molecule has 2 aromatic rings. The first-order valence-electron chi connectivity index (χ1n) is 5.92. The average Bonchev–Trinajstić information content (AvgIpc) is 2.81. The van der Waals surface area contributed by atoms with Crippen LogP contribution in [0.15, 0.2) is 16.9 Å². The highest BCUT2D eigenvalue weighted by molar-refractivity contribution is 8.00. The van der Waals surface area contributed by atoms with Crippen molar-refractivity contribution in [1.29, 1.82) is 0 Å². The van der Waals surface area contributed by atoms with Gasteiger partial charge in [0.15, 0.2) is 10.3 Å². The van der Waals surface area contributed by atoms with Crippen LogP contribution in [0.3, 0.4) is 0 Å². The number of nitrogens with one attached hydrogen (secondary N) is 1. The third-order valence-corrected chi connectivity index (χ3v) is 4.44. The van der Waals surface area contributed by atoms with Crippen LogP contribution in [0.1, 0.15) is 19.0 Å². The first-order valence-corrected chi connectivity index (χ1v) is 7.68. The van der Waals surface area contributed by atoms with Crippen molar-refractivity contribution in [2.45, 2.75) is 30.7 Å². The van der Waals surface area contributed by atoms with Crippen molar-refractivity contribution in [3.05, 3.63) is 17.4 Å². The molecule has 2 rings (SSSR count). The number of hydrogen-bond donors (Lipinski definition) is 2. The molecule has 0 aromatic carbocycles. The molecule has 0 aliphatic rings. The number of carbonyl (C=O) groups excluding carboxylic acids is 1. The Bertz CT molecular complexity index is 602. The molecule has 20 heavy (non-hydrogen) atoms. The fourth-order valence-corrected chi connectivity index (χ4v) is 2.93. The fourth-order valence-electron chi connectivity index (χ4n) is 1.40.